The number of carboxylic acid groups (broad SMARTS) is 2. The molecule has 0 bridgehead atoms. The van der Waals surface area contributed by atoms with Crippen molar-refractivity contribution in [3.05, 3.63) is 0 Å². The second-order valence-corrected chi connectivity index (χ2v) is 6.00. The van der Waals surface area contributed by atoms with Crippen LogP contribution in [0.5, 0.6) is 0 Å². The topological polar surface area (TPSA) is 116 Å². The predicted octanol–water partition coefficient (Wildman–Crippen LogP) is 0.513. The Kier molecular flexibility index (Phi) is 5.54. The maximum Gasteiger partial charge on any atom is 0.408 e. The van der Waals surface area contributed by atoms with E-state index in [1.165, 1.54) is 0 Å². The van der Waals surface area contributed by atoms with Gasteiger partial charge in [-0.25, -0.2) is 9.59 Å². The highest BCUT2D eigenvalue weighted by Gasteiger charge is 2.34. The molecular formula is C13H22N2O6. The molecule has 1 rings (SSSR count). The smallest absolute Gasteiger partial charge is 0.408 e. The first-order valence-corrected chi connectivity index (χ1v) is 6.79. The average molecular weight is 302 g/mol. The maximum atomic E-state index is 11.6. The fourth-order valence-electron chi connectivity index (χ4n) is 1.99. The lowest BCUT2D eigenvalue weighted by atomic mass is 10.0. The van der Waals surface area contributed by atoms with E-state index < -0.39 is 35.7 Å². The lowest BCUT2D eigenvalue weighted by molar-refractivity contribution is -0.148. The molecular weight excluding hydrogens is 280 g/mol. The number of aliphatic carboxylic acids is 2. The van der Waals surface area contributed by atoms with Gasteiger partial charge in [0.05, 0.1) is 0 Å². The van der Waals surface area contributed by atoms with Crippen LogP contribution in [0.2, 0.25) is 0 Å². The van der Waals surface area contributed by atoms with Crippen LogP contribution >= 0.6 is 0 Å². The second kappa shape index (κ2) is 6.75. The van der Waals surface area contributed by atoms with Crippen LogP contribution in [-0.2, 0) is 14.3 Å². The Morgan fingerprint density at radius 2 is 1.95 bits per heavy atom. The number of hydrogen-bond acceptors (Lipinski definition) is 5. The Bertz CT molecular complexity index is 417. The van der Waals surface area contributed by atoms with Gasteiger partial charge in [-0.3, -0.25) is 9.69 Å². The van der Waals surface area contributed by atoms with Gasteiger partial charge in [-0.1, -0.05) is 0 Å². The van der Waals surface area contributed by atoms with E-state index in [1.807, 2.05) is 0 Å². The summed E-state index contributed by atoms with van der Waals surface area (Å²) in [6, 6.07) is -1.66. The molecule has 1 saturated heterocycles. The number of carbonyl (C=O) groups is 3. The Hall–Kier alpha value is -1.83. The standard InChI is InChI=1S/C13H22N2O6/c1-13(2,3)21-12(20)14-8(10(16)17)4-6-15-7-5-9(15)11(18)19/h8-9H,4-7H2,1-3H3,(H,14,20)(H,16,17)(H,18,19)/t8-,9-/m0/s1. The molecule has 120 valence electrons. The van der Waals surface area contributed by atoms with Gasteiger partial charge in [0.25, 0.3) is 0 Å². The molecule has 0 aliphatic carbocycles. The van der Waals surface area contributed by atoms with Crippen molar-refractivity contribution in [2.45, 2.75) is 51.3 Å². The van der Waals surface area contributed by atoms with Crippen molar-refractivity contribution in [2.75, 3.05) is 13.1 Å². The van der Waals surface area contributed by atoms with Crippen molar-refractivity contribution in [2.24, 2.45) is 0 Å². The monoisotopic (exact) mass is 302 g/mol. The molecule has 8 nitrogen and oxygen atoms in total. The van der Waals surface area contributed by atoms with Crippen molar-refractivity contribution >= 4 is 18.0 Å². The minimum atomic E-state index is -1.17. The number of hydrogen-bond donors (Lipinski definition) is 3. The summed E-state index contributed by atoms with van der Waals surface area (Å²) in [4.78, 5) is 35.2. The maximum absolute atomic E-state index is 11.6. The predicted molar refractivity (Wildman–Crippen MR) is 73.0 cm³/mol. The third-order valence-electron chi connectivity index (χ3n) is 3.11. The van der Waals surface area contributed by atoms with Crippen LogP contribution in [0.3, 0.4) is 0 Å². The van der Waals surface area contributed by atoms with E-state index in [0.29, 0.717) is 19.5 Å². The van der Waals surface area contributed by atoms with E-state index in [1.54, 1.807) is 25.7 Å². The van der Waals surface area contributed by atoms with Crippen LogP contribution < -0.4 is 5.32 Å². The van der Waals surface area contributed by atoms with E-state index in [2.05, 4.69) is 5.32 Å². The van der Waals surface area contributed by atoms with Gasteiger partial charge >= 0.3 is 18.0 Å². The summed E-state index contributed by atoms with van der Waals surface area (Å²) >= 11 is 0. The van der Waals surface area contributed by atoms with Gasteiger partial charge < -0.3 is 20.3 Å². The number of nitrogens with one attached hydrogen (secondary N) is 1. The first kappa shape index (κ1) is 17.2. The highest BCUT2D eigenvalue weighted by atomic mass is 16.6. The molecule has 0 spiro atoms. The Morgan fingerprint density at radius 3 is 2.33 bits per heavy atom. The molecule has 1 aliphatic rings. The van der Waals surface area contributed by atoms with E-state index in [4.69, 9.17) is 14.9 Å². The van der Waals surface area contributed by atoms with Gasteiger partial charge in [0.15, 0.2) is 0 Å². The number of amides is 1. The SMILES string of the molecule is CC(C)(C)OC(=O)N[C@@H](CCN1CC[C@H]1C(=O)O)C(=O)O. The van der Waals surface area contributed by atoms with Crippen molar-refractivity contribution in [3.63, 3.8) is 0 Å². The van der Waals surface area contributed by atoms with Crippen molar-refractivity contribution in [1.82, 2.24) is 10.2 Å². The largest absolute Gasteiger partial charge is 0.480 e. The molecule has 3 N–H and O–H groups in total. The quantitative estimate of drug-likeness (QED) is 0.654. The first-order valence-electron chi connectivity index (χ1n) is 6.79. The number of carbonyl (C=O) groups excluding carboxylic acids is 1. The molecule has 0 unspecified atom stereocenters. The second-order valence-electron chi connectivity index (χ2n) is 6.00. The molecule has 0 aromatic heterocycles. The zero-order valence-corrected chi connectivity index (χ0v) is 12.5. The highest BCUT2D eigenvalue weighted by molar-refractivity contribution is 5.80. The molecule has 0 aromatic rings. The first-order chi connectivity index (χ1) is 9.60. The third kappa shape index (κ3) is 5.58. The molecule has 1 fully saturated rings. The lowest BCUT2D eigenvalue weighted by Crippen LogP contribution is -2.54. The summed E-state index contributed by atoms with van der Waals surface area (Å²) in [7, 11) is 0. The zero-order chi connectivity index (χ0) is 16.2. The molecule has 1 aliphatic heterocycles. The molecule has 1 amide bonds. The molecule has 0 saturated carbocycles. The molecule has 21 heavy (non-hydrogen) atoms. The van der Waals surface area contributed by atoms with Gasteiger partial charge in [-0.05, 0) is 33.6 Å². The molecule has 2 atom stereocenters. The minimum absolute atomic E-state index is 0.123. The van der Waals surface area contributed by atoms with Crippen LogP contribution in [-0.4, -0.2) is 63.9 Å². The van der Waals surface area contributed by atoms with Gasteiger partial charge in [0.1, 0.15) is 17.7 Å². The lowest BCUT2D eigenvalue weighted by Gasteiger charge is -2.38. The number of likely N-dealkylation sites (tertiary alicyclic amines) is 1. The Morgan fingerprint density at radius 1 is 1.33 bits per heavy atom. The molecule has 0 radical (unpaired) electrons. The summed E-state index contributed by atoms with van der Waals surface area (Å²) in [6.07, 6.45) is -0.112. The van der Waals surface area contributed by atoms with E-state index in [-0.39, 0.29) is 6.42 Å². The molecule has 8 heteroatoms. The van der Waals surface area contributed by atoms with Crippen LogP contribution in [0.1, 0.15) is 33.6 Å². The molecule has 0 aromatic carbocycles. The van der Waals surface area contributed by atoms with Gasteiger partial charge in [0, 0.05) is 13.1 Å². The normalized spacial score (nSPS) is 20.2. The van der Waals surface area contributed by atoms with Gasteiger partial charge in [-0.2, -0.15) is 0 Å². The Balaban J connectivity index is 2.46. The fraction of sp³-hybridized carbons (Fsp3) is 0.769. The van der Waals surface area contributed by atoms with Gasteiger partial charge in [-0.15, -0.1) is 0 Å². The van der Waals surface area contributed by atoms with Crippen LogP contribution in [0.15, 0.2) is 0 Å². The van der Waals surface area contributed by atoms with E-state index in [9.17, 15) is 14.4 Å². The Labute approximate surface area is 123 Å². The minimum Gasteiger partial charge on any atom is -0.480 e. The summed E-state index contributed by atoms with van der Waals surface area (Å²) < 4.78 is 5.00. The van der Waals surface area contributed by atoms with Gasteiger partial charge in [0.2, 0.25) is 0 Å². The number of carboxylic acids is 2. The number of nitrogens with zero attached hydrogens (tertiary/aromatic N) is 1. The number of rotatable bonds is 6. The number of alkyl carbamates (subject to hydrolysis) is 1. The summed E-state index contributed by atoms with van der Waals surface area (Å²) in [5, 5.41) is 20.3. The number of ether oxygens (including phenoxy) is 1. The van der Waals surface area contributed by atoms with Crippen molar-refractivity contribution in [1.29, 1.82) is 0 Å². The summed E-state index contributed by atoms with van der Waals surface area (Å²) in [6.45, 7) is 5.96. The average Bonchev–Trinajstić information content (AvgIpc) is 2.22. The fourth-order valence-corrected chi connectivity index (χ4v) is 1.99. The molecule has 1 heterocycles. The van der Waals surface area contributed by atoms with Crippen LogP contribution in [0, 0.1) is 0 Å². The van der Waals surface area contributed by atoms with Crippen LogP contribution in [0.4, 0.5) is 4.79 Å². The van der Waals surface area contributed by atoms with Crippen molar-refractivity contribution < 1.29 is 29.3 Å². The van der Waals surface area contributed by atoms with Crippen molar-refractivity contribution in [3.8, 4) is 0 Å². The summed E-state index contributed by atoms with van der Waals surface area (Å²) in [5.74, 6) is -2.08. The zero-order valence-electron chi connectivity index (χ0n) is 12.5. The highest BCUT2D eigenvalue weighted by Crippen LogP contribution is 2.18. The van der Waals surface area contributed by atoms with E-state index in [0.717, 1.165) is 0 Å². The van der Waals surface area contributed by atoms with Crippen LogP contribution in [0.25, 0.3) is 0 Å². The third-order valence-corrected chi connectivity index (χ3v) is 3.11. The summed E-state index contributed by atoms with van der Waals surface area (Å²) in [5.41, 5.74) is -0.709. The van der Waals surface area contributed by atoms with E-state index >= 15 is 0 Å².